The third-order valence-electron chi connectivity index (χ3n) is 8.32. The molecule has 4 aromatic carbocycles. The van der Waals surface area contributed by atoms with Gasteiger partial charge in [-0.15, -0.1) is 0 Å². The van der Waals surface area contributed by atoms with E-state index in [0.29, 0.717) is 24.3 Å². The van der Waals surface area contributed by atoms with Crippen molar-refractivity contribution in [1.82, 2.24) is 0 Å². The second kappa shape index (κ2) is 13.8. The van der Waals surface area contributed by atoms with Crippen molar-refractivity contribution in [3.8, 4) is 11.5 Å². The molecule has 2 N–H and O–H groups in total. The van der Waals surface area contributed by atoms with Crippen molar-refractivity contribution in [3.05, 3.63) is 131 Å². The first kappa shape index (κ1) is 30.3. The fraction of sp³-hybridized carbons (Fsp3) is 0.333. The van der Waals surface area contributed by atoms with Crippen LogP contribution in [-0.4, -0.2) is 49.9 Å². The van der Waals surface area contributed by atoms with Gasteiger partial charge in [0.1, 0.15) is 11.5 Å². The molecule has 0 saturated heterocycles. The molecule has 5 nitrogen and oxygen atoms in total. The number of benzene rings is 4. The SMILES string of the molecule is CCC(O)C(COCC(c1ccccc1)(c1cccc(OC)c1)C(O)CC)(c1ccccc1)c1cccc(OC)c1. The molecular weight excluding hydrogens is 512 g/mol. The molecule has 0 aliphatic heterocycles. The summed E-state index contributed by atoms with van der Waals surface area (Å²) in [4.78, 5) is 0. The van der Waals surface area contributed by atoms with Gasteiger partial charge in [0, 0.05) is 0 Å². The average Bonchev–Trinajstić information content (AvgIpc) is 3.05. The summed E-state index contributed by atoms with van der Waals surface area (Å²) in [5.41, 5.74) is 1.95. The molecular formula is C36H42O5. The number of aliphatic hydroxyl groups is 2. The topological polar surface area (TPSA) is 68.2 Å². The van der Waals surface area contributed by atoms with E-state index >= 15 is 0 Å². The molecule has 0 aliphatic rings. The fourth-order valence-corrected chi connectivity index (χ4v) is 5.97. The quantitative estimate of drug-likeness (QED) is 0.185. The van der Waals surface area contributed by atoms with Crippen LogP contribution in [0.1, 0.15) is 48.9 Å². The van der Waals surface area contributed by atoms with Crippen molar-refractivity contribution < 1.29 is 24.4 Å². The molecule has 4 unspecified atom stereocenters. The standard InChI is InChI=1S/C36H42O5/c1-5-33(37)35(27-15-9-7-10-16-27,29-19-13-21-31(23-29)39-3)25-41-26-36(34(38)6-2,28-17-11-8-12-18-28)30-20-14-22-32(24-30)40-4/h7-24,33-34,37-38H,5-6,25-26H2,1-4H3. The van der Waals surface area contributed by atoms with Gasteiger partial charge in [-0.25, -0.2) is 0 Å². The van der Waals surface area contributed by atoms with Crippen molar-refractivity contribution in [1.29, 1.82) is 0 Å². The molecule has 4 atom stereocenters. The van der Waals surface area contributed by atoms with Gasteiger partial charge in [0.25, 0.3) is 0 Å². The normalized spacial score (nSPS) is 15.8. The van der Waals surface area contributed by atoms with E-state index in [-0.39, 0.29) is 13.2 Å². The zero-order valence-corrected chi connectivity index (χ0v) is 24.5. The van der Waals surface area contributed by atoms with E-state index in [1.807, 2.05) is 123 Å². The smallest absolute Gasteiger partial charge is 0.119 e. The van der Waals surface area contributed by atoms with E-state index in [0.717, 1.165) is 22.3 Å². The predicted octanol–water partition coefficient (Wildman–Crippen LogP) is 6.53. The Morgan fingerprint density at radius 3 is 1.24 bits per heavy atom. The molecule has 0 aliphatic carbocycles. The number of hydrogen-bond donors (Lipinski definition) is 2. The maximum Gasteiger partial charge on any atom is 0.119 e. The summed E-state index contributed by atoms with van der Waals surface area (Å²) in [5.74, 6) is 1.42. The van der Waals surface area contributed by atoms with Gasteiger partial charge < -0.3 is 24.4 Å². The lowest BCUT2D eigenvalue weighted by Crippen LogP contribution is -2.48. The van der Waals surface area contributed by atoms with Crippen LogP contribution in [0.15, 0.2) is 109 Å². The monoisotopic (exact) mass is 554 g/mol. The zero-order chi connectivity index (χ0) is 29.3. The molecule has 5 heteroatoms. The van der Waals surface area contributed by atoms with Crippen LogP contribution in [0.4, 0.5) is 0 Å². The van der Waals surface area contributed by atoms with Crippen LogP contribution < -0.4 is 9.47 Å². The summed E-state index contributed by atoms with van der Waals surface area (Å²) in [5, 5.41) is 23.5. The van der Waals surface area contributed by atoms with E-state index in [4.69, 9.17) is 14.2 Å². The maximum absolute atomic E-state index is 11.7. The highest BCUT2D eigenvalue weighted by molar-refractivity contribution is 5.46. The summed E-state index contributed by atoms with van der Waals surface area (Å²) in [7, 11) is 3.29. The molecule has 0 saturated carbocycles. The molecule has 0 amide bonds. The maximum atomic E-state index is 11.7. The third kappa shape index (κ3) is 6.03. The molecule has 4 rings (SSSR count). The van der Waals surface area contributed by atoms with E-state index in [9.17, 15) is 10.2 Å². The van der Waals surface area contributed by atoms with Crippen LogP contribution in [0.3, 0.4) is 0 Å². The van der Waals surface area contributed by atoms with E-state index in [1.54, 1.807) is 14.2 Å². The van der Waals surface area contributed by atoms with Gasteiger partial charge in [-0.2, -0.15) is 0 Å². The molecule has 216 valence electrons. The Labute approximate surface area is 244 Å². The van der Waals surface area contributed by atoms with Gasteiger partial charge in [-0.1, -0.05) is 98.8 Å². The van der Waals surface area contributed by atoms with Gasteiger partial charge in [-0.3, -0.25) is 0 Å². The Morgan fingerprint density at radius 2 is 0.902 bits per heavy atom. The van der Waals surface area contributed by atoms with Gasteiger partial charge in [0.2, 0.25) is 0 Å². The first-order valence-corrected chi connectivity index (χ1v) is 14.3. The summed E-state index contributed by atoms with van der Waals surface area (Å²) < 4.78 is 17.9. The molecule has 0 radical (unpaired) electrons. The Morgan fingerprint density at radius 1 is 0.537 bits per heavy atom. The lowest BCUT2D eigenvalue weighted by atomic mass is 9.69. The van der Waals surface area contributed by atoms with Crippen LogP contribution in [0.2, 0.25) is 0 Å². The number of rotatable bonds is 14. The first-order chi connectivity index (χ1) is 20.0. The molecule has 4 aromatic rings. The van der Waals surface area contributed by atoms with Crippen LogP contribution in [-0.2, 0) is 15.6 Å². The third-order valence-corrected chi connectivity index (χ3v) is 8.32. The molecule has 0 aromatic heterocycles. The highest BCUT2D eigenvalue weighted by Crippen LogP contribution is 2.42. The van der Waals surface area contributed by atoms with Crippen LogP contribution in [0, 0.1) is 0 Å². The van der Waals surface area contributed by atoms with Crippen molar-refractivity contribution in [2.45, 2.75) is 49.7 Å². The molecule has 0 fully saturated rings. The Hall–Kier alpha value is -3.64. The van der Waals surface area contributed by atoms with Gasteiger partial charge in [-0.05, 0) is 59.4 Å². The zero-order valence-electron chi connectivity index (χ0n) is 24.5. The van der Waals surface area contributed by atoms with Crippen LogP contribution in [0.5, 0.6) is 11.5 Å². The highest BCUT2D eigenvalue weighted by Gasteiger charge is 2.45. The molecule has 0 bridgehead atoms. The average molecular weight is 555 g/mol. The minimum absolute atomic E-state index is 0.189. The lowest BCUT2D eigenvalue weighted by molar-refractivity contribution is -0.0187. The van der Waals surface area contributed by atoms with Crippen LogP contribution >= 0.6 is 0 Å². The number of methoxy groups -OCH3 is 2. The molecule has 41 heavy (non-hydrogen) atoms. The first-order valence-electron chi connectivity index (χ1n) is 14.3. The number of aliphatic hydroxyl groups excluding tert-OH is 2. The summed E-state index contributed by atoms with van der Waals surface area (Å²) >= 11 is 0. The van der Waals surface area contributed by atoms with Crippen LogP contribution in [0.25, 0.3) is 0 Å². The van der Waals surface area contributed by atoms with Gasteiger partial charge in [0.15, 0.2) is 0 Å². The Balaban J connectivity index is 1.85. The Bertz CT molecular complexity index is 1250. The molecule has 0 spiro atoms. The largest absolute Gasteiger partial charge is 0.497 e. The van der Waals surface area contributed by atoms with E-state index in [2.05, 4.69) is 0 Å². The van der Waals surface area contributed by atoms with Gasteiger partial charge >= 0.3 is 0 Å². The minimum Gasteiger partial charge on any atom is -0.497 e. The fourth-order valence-electron chi connectivity index (χ4n) is 5.97. The minimum atomic E-state index is -0.876. The molecule has 0 heterocycles. The predicted molar refractivity (Wildman–Crippen MR) is 164 cm³/mol. The lowest BCUT2D eigenvalue weighted by Gasteiger charge is -2.42. The summed E-state index contributed by atoms with van der Waals surface area (Å²) in [6.07, 6.45) is -0.438. The number of hydrogen-bond acceptors (Lipinski definition) is 5. The summed E-state index contributed by atoms with van der Waals surface area (Å²) in [6.45, 7) is 4.34. The summed E-state index contributed by atoms with van der Waals surface area (Å²) in [6, 6.07) is 35.7. The second-order valence-corrected chi connectivity index (χ2v) is 10.5. The second-order valence-electron chi connectivity index (χ2n) is 10.5. The van der Waals surface area contributed by atoms with Crippen molar-refractivity contribution in [2.75, 3.05) is 27.4 Å². The van der Waals surface area contributed by atoms with Crippen molar-refractivity contribution in [3.63, 3.8) is 0 Å². The highest BCUT2D eigenvalue weighted by atomic mass is 16.5. The van der Waals surface area contributed by atoms with E-state index < -0.39 is 23.0 Å². The van der Waals surface area contributed by atoms with Gasteiger partial charge in [0.05, 0.1) is 50.5 Å². The van der Waals surface area contributed by atoms with Crippen molar-refractivity contribution in [2.24, 2.45) is 0 Å². The van der Waals surface area contributed by atoms with E-state index in [1.165, 1.54) is 0 Å². The number of ether oxygens (including phenoxy) is 3. The Kier molecular flexibility index (Phi) is 10.2. The van der Waals surface area contributed by atoms with Crippen molar-refractivity contribution >= 4 is 0 Å².